The number of aryl methyl sites for hydroxylation is 1. The molecule has 2 aliphatic rings. The summed E-state index contributed by atoms with van der Waals surface area (Å²) in [6.45, 7) is 2.95. The van der Waals surface area contributed by atoms with Gasteiger partial charge in [0.1, 0.15) is 0 Å². The molecule has 26 heavy (non-hydrogen) atoms. The Labute approximate surface area is 155 Å². The average molecular weight is 381 g/mol. The van der Waals surface area contributed by atoms with Crippen LogP contribution in [0.3, 0.4) is 0 Å². The molecule has 0 amide bonds. The zero-order valence-corrected chi connectivity index (χ0v) is 16.0. The van der Waals surface area contributed by atoms with Gasteiger partial charge in [-0.15, -0.1) is 0 Å². The first kappa shape index (κ1) is 19.3. The van der Waals surface area contributed by atoms with E-state index in [0.717, 1.165) is 24.9 Å². The number of carbonyl (C=O) groups is 1. The summed E-state index contributed by atoms with van der Waals surface area (Å²) in [6.07, 6.45) is 5.67. The molecular weight excluding hydrogens is 352 g/mol. The fraction of sp³-hybridized carbons (Fsp3) is 0.632. The predicted molar refractivity (Wildman–Crippen MR) is 99.5 cm³/mol. The molecule has 0 saturated heterocycles. The lowest BCUT2D eigenvalue weighted by Gasteiger charge is -2.42. The molecule has 0 unspecified atom stereocenters. The van der Waals surface area contributed by atoms with E-state index in [4.69, 9.17) is 5.11 Å². The van der Waals surface area contributed by atoms with E-state index in [0.29, 0.717) is 23.7 Å². The highest BCUT2D eigenvalue weighted by atomic mass is 32.2. The first-order chi connectivity index (χ1) is 12.4. The van der Waals surface area contributed by atoms with Gasteiger partial charge in [0.25, 0.3) is 0 Å². The van der Waals surface area contributed by atoms with Gasteiger partial charge in [0.05, 0.1) is 11.4 Å². The molecule has 6 nitrogen and oxygen atoms in total. The van der Waals surface area contributed by atoms with E-state index in [1.54, 1.807) is 12.1 Å². The smallest absolute Gasteiger partial charge is 0.317 e. The van der Waals surface area contributed by atoms with Crippen LogP contribution in [0.15, 0.2) is 29.2 Å². The van der Waals surface area contributed by atoms with E-state index >= 15 is 0 Å². The fourth-order valence-electron chi connectivity index (χ4n) is 3.54. The van der Waals surface area contributed by atoms with Gasteiger partial charge in [0, 0.05) is 18.6 Å². The Balaban J connectivity index is 1.53. The molecule has 7 heteroatoms. The topological polar surface area (TPSA) is 86.7 Å². The van der Waals surface area contributed by atoms with Crippen molar-refractivity contribution in [2.24, 2.45) is 5.92 Å². The molecule has 0 spiro atoms. The monoisotopic (exact) mass is 380 g/mol. The second-order valence-corrected chi connectivity index (χ2v) is 9.32. The molecule has 144 valence electrons. The number of sulfonamides is 1. The van der Waals surface area contributed by atoms with Crippen molar-refractivity contribution in [3.63, 3.8) is 0 Å². The van der Waals surface area contributed by atoms with Crippen molar-refractivity contribution in [3.8, 4) is 0 Å². The highest BCUT2D eigenvalue weighted by Gasteiger charge is 2.38. The second-order valence-electron chi connectivity index (χ2n) is 7.60. The zero-order valence-electron chi connectivity index (χ0n) is 15.2. The van der Waals surface area contributed by atoms with Crippen molar-refractivity contribution < 1.29 is 18.3 Å². The molecule has 1 aromatic rings. The Morgan fingerprint density at radius 3 is 2.42 bits per heavy atom. The van der Waals surface area contributed by atoms with Gasteiger partial charge in [0.15, 0.2) is 0 Å². The lowest BCUT2D eigenvalue weighted by atomic mass is 9.86. The van der Waals surface area contributed by atoms with Crippen LogP contribution in [0.25, 0.3) is 0 Å². The first-order valence-corrected chi connectivity index (χ1v) is 10.9. The molecule has 2 saturated carbocycles. The van der Waals surface area contributed by atoms with Crippen LogP contribution in [0.1, 0.15) is 44.6 Å². The quantitative estimate of drug-likeness (QED) is 0.650. The summed E-state index contributed by atoms with van der Waals surface area (Å²) >= 11 is 0. The van der Waals surface area contributed by atoms with Crippen molar-refractivity contribution in [1.29, 1.82) is 0 Å². The highest BCUT2D eigenvalue weighted by Crippen LogP contribution is 2.34. The molecule has 2 aliphatic carbocycles. The molecule has 0 aliphatic heterocycles. The van der Waals surface area contributed by atoms with E-state index in [-0.39, 0.29) is 18.6 Å². The third kappa shape index (κ3) is 5.05. The lowest BCUT2D eigenvalue weighted by molar-refractivity contribution is -0.139. The molecular formula is C19H28N2O4S. The number of hydrogen-bond acceptors (Lipinski definition) is 4. The first-order valence-electron chi connectivity index (χ1n) is 9.44. The van der Waals surface area contributed by atoms with Crippen LogP contribution in [0.4, 0.5) is 0 Å². The van der Waals surface area contributed by atoms with Crippen molar-refractivity contribution >= 4 is 16.0 Å². The van der Waals surface area contributed by atoms with E-state index in [9.17, 15) is 13.2 Å². The number of benzene rings is 1. The summed E-state index contributed by atoms with van der Waals surface area (Å²) in [7, 11) is -3.52. The van der Waals surface area contributed by atoms with Crippen LogP contribution in [0, 0.1) is 5.92 Å². The Hall–Kier alpha value is -1.44. The zero-order chi connectivity index (χ0) is 18.7. The standard InChI is InChI=1S/C19H28N2O4S/c1-2-3-14-6-8-18(9-7-14)26(24,25)20-16-10-17(11-16)21(13-19(22)23)12-15-4-5-15/h6-9,15-17,20H,2-5,10-13H2,1H3,(H,22,23). The van der Waals surface area contributed by atoms with E-state index in [2.05, 4.69) is 11.6 Å². The molecule has 2 fully saturated rings. The van der Waals surface area contributed by atoms with Gasteiger partial charge in [-0.2, -0.15) is 0 Å². The third-order valence-electron chi connectivity index (χ3n) is 5.25. The molecule has 3 rings (SSSR count). The van der Waals surface area contributed by atoms with Crippen LogP contribution in [-0.2, 0) is 21.2 Å². The predicted octanol–water partition coefficient (Wildman–Crippen LogP) is 2.25. The Kier molecular flexibility index (Phi) is 5.99. The van der Waals surface area contributed by atoms with Gasteiger partial charge in [-0.3, -0.25) is 9.69 Å². The fourth-order valence-corrected chi connectivity index (χ4v) is 4.80. The van der Waals surface area contributed by atoms with E-state index in [1.165, 1.54) is 12.8 Å². The van der Waals surface area contributed by atoms with Crippen LogP contribution >= 0.6 is 0 Å². The number of nitrogens with zero attached hydrogens (tertiary/aromatic N) is 1. The van der Waals surface area contributed by atoms with Crippen LogP contribution < -0.4 is 4.72 Å². The van der Waals surface area contributed by atoms with Crippen LogP contribution in [-0.4, -0.2) is 49.6 Å². The van der Waals surface area contributed by atoms with Gasteiger partial charge in [-0.1, -0.05) is 25.5 Å². The van der Waals surface area contributed by atoms with Gasteiger partial charge >= 0.3 is 5.97 Å². The largest absolute Gasteiger partial charge is 0.480 e. The highest BCUT2D eigenvalue weighted by molar-refractivity contribution is 7.89. The summed E-state index contributed by atoms with van der Waals surface area (Å²) in [6, 6.07) is 7.10. The molecule has 0 radical (unpaired) electrons. The number of nitrogens with one attached hydrogen (secondary N) is 1. The second kappa shape index (κ2) is 8.06. The maximum Gasteiger partial charge on any atom is 0.317 e. The summed E-state index contributed by atoms with van der Waals surface area (Å²) < 4.78 is 27.8. The van der Waals surface area contributed by atoms with Crippen molar-refractivity contribution in [1.82, 2.24) is 9.62 Å². The Morgan fingerprint density at radius 2 is 1.88 bits per heavy atom. The average Bonchev–Trinajstić information content (AvgIpc) is 3.34. The minimum atomic E-state index is -3.52. The molecule has 0 atom stereocenters. The third-order valence-corrected chi connectivity index (χ3v) is 6.79. The SMILES string of the molecule is CCCc1ccc(S(=O)(=O)NC2CC(N(CC(=O)O)CC3CC3)C2)cc1. The minimum Gasteiger partial charge on any atom is -0.480 e. The van der Waals surface area contributed by atoms with Crippen molar-refractivity contribution in [2.45, 2.75) is 62.4 Å². The van der Waals surface area contributed by atoms with Crippen molar-refractivity contribution in [2.75, 3.05) is 13.1 Å². The summed E-state index contributed by atoms with van der Waals surface area (Å²) in [5, 5.41) is 9.09. The summed E-state index contributed by atoms with van der Waals surface area (Å²) in [5.74, 6) is -0.200. The van der Waals surface area contributed by atoms with E-state index in [1.807, 2.05) is 17.0 Å². The van der Waals surface area contributed by atoms with E-state index < -0.39 is 16.0 Å². The molecule has 0 bridgehead atoms. The maximum absolute atomic E-state index is 12.5. The van der Waals surface area contributed by atoms with Crippen LogP contribution in [0.5, 0.6) is 0 Å². The van der Waals surface area contributed by atoms with Gasteiger partial charge < -0.3 is 5.11 Å². The Morgan fingerprint density at radius 1 is 1.23 bits per heavy atom. The normalized spacial score (nSPS) is 23.0. The number of rotatable bonds is 10. The lowest BCUT2D eigenvalue weighted by Crippen LogP contribution is -2.55. The Bertz CT molecular complexity index is 722. The number of carboxylic acid groups (broad SMARTS) is 1. The molecule has 0 heterocycles. The minimum absolute atomic E-state index is 0.0412. The molecule has 1 aromatic carbocycles. The van der Waals surface area contributed by atoms with Crippen molar-refractivity contribution in [3.05, 3.63) is 29.8 Å². The molecule has 2 N–H and O–H groups in total. The van der Waals surface area contributed by atoms with Gasteiger partial charge in [0.2, 0.25) is 10.0 Å². The summed E-state index contributed by atoms with van der Waals surface area (Å²) in [5.41, 5.74) is 1.14. The van der Waals surface area contributed by atoms with Gasteiger partial charge in [-0.25, -0.2) is 13.1 Å². The van der Waals surface area contributed by atoms with Crippen LogP contribution in [0.2, 0.25) is 0 Å². The number of aliphatic carboxylic acids is 1. The maximum atomic E-state index is 12.5. The number of carboxylic acids is 1. The van der Waals surface area contributed by atoms with Gasteiger partial charge in [-0.05, 0) is 55.7 Å². The molecule has 0 aromatic heterocycles. The summed E-state index contributed by atoms with van der Waals surface area (Å²) in [4.78, 5) is 13.4. The number of hydrogen-bond donors (Lipinski definition) is 2.